The van der Waals surface area contributed by atoms with E-state index in [1.54, 1.807) is 13.8 Å². The van der Waals surface area contributed by atoms with E-state index in [1.165, 1.54) is 12.1 Å². The van der Waals surface area contributed by atoms with Gasteiger partial charge in [-0.15, -0.1) is 13.2 Å². The minimum atomic E-state index is -4.76. The van der Waals surface area contributed by atoms with Gasteiger partial charge >= 0.3 is 12.4 Å². The van der Waals surface area contributed by atoms with Crippen LogP contribution in [0.4, 0.5) is 23.7 Å². The van der Waals surface area contributed by atoms with Gasteiger partial charge in [0.2, 0.25) is 0 Å². The first-order valence-corrected chi connectivity index (χ1v) is 6.03. The number of carbonyl (C=O) groups excluding carboxylic acids is 1. The van der Waals surface area contributed by atoms with Crippen molar-refractivity contribution in [2.24, 2.45) is 0 Å². The van der Waals surface area contributed by atoms with Crippen LogP contribution in [-0.4, -0.2) is 17.9 Å². The Kier molecular flexibility index (Phi) is 5.02. The zero-order chi connectivity index (χ0) is 16.1. The summed E-state index contributed by atoms with van der Waals surface area (Å²) in [7, 11) is 0. The number of alkyl halides is 3. The molecule has 0 aliphatic rings. The highest BCUT2D eigenvalue weighted by Crippen LogP contribution is 2.23. The number of amides is 2. The molecule has 0 fully saturated rings. The number of nitrogens with zero attached hydrogens (tertiary/aromatic N) is 1. The van der Waals surface area contributed by atoms with Gasteiger partial charge in [0.25, 0.3) is 0 Å². The van der Waals surface area contributed by atoms with Gasteiger partial charge in [0.1, 0.15) is 11.3 Å². The molecule has 8 heteroatoms. The molecule has 0 heterocycles. The predicted octanol–water partition coefficient (Wildman–Crippen LogP) is 3.40. The third-order valence-corrected chi connectivity index (χ3v) is 2.69. The summed E-state index contributed by atoms with van der Waals surface area (Å²) in [5.74, 6) is -0.385. The second-order valence-corrected chi connectivity index (χ2v) is 4.45. The largest absolute Gasteiger partial charge is 0.573 e. The molecule has 1 atom stereocenters. The van der Waals surface area contributed by atoms with E-state index in [2.05, 4.69) is 15.4 Å². The minimum absolute atomic E-state index is 0.276. The first kappa shape index (κ1) is 16.6. The van der Waals surface area contributed by atoms with Crippen molar-refractivity contribution in [1.82, 2.24) is 5.32 Å². The van der Waals surface area contributed by atoms with E-state index < -0.39 is 17.9 Å². The molecular formula is C13H14F3N3O2. The summed E-state index contributed by atoms with van der Waals surface area (Å²) >= 11 is 0. The van der Waals surface area contributed by atoms with Crippen LogP contribution in [0.15, 0.2) is 24.3 Å². The van der Waals surface area contributed by atoms with Crippen molar-refractivity contribution in [2.45, 2.75) is 32.2 Å². The van der Waals surface area contributed by atoms with Crippen LogP contribution in [0.5, 0.6) is 5.75 Å². The van der Waals surface area contributed by atoms with Crippen LogP contribution in [0.2, 0.25) is 0 Å². The molecule has 0 saturated carbocycles. The Morgan fingerprint density at radius 3 is 2.33 bits per heavy atom. The standard InChI is InChI=1S/C13H14F3N3O2/c1-3-12(2,8-17)19-11(20)18-9-4-6-10(7-5-9)21-13(14,15)16/h4-7H,3H2,1-2H3,(H2,18,19,20). The Balaban J connectivity index is 2.64. The van der Waals surface area contributed by atoms with Gasteiger partial charge < -0.3 is 15.4 Å². The zero-order valence-corrected chi connectivity index (χ0v) is 11.4. The van der Waals surface area contributed by atoms with Gasteiger partial charge in [-0.3, -0.25) is 0 Å². The summed E-state index contributed by atoms with van der Waals surface area (Å²) in [6.07, 6.45) is -4.35. The van der Waals surface area contributed by atoms with Crippen LogP contribution < -0.4 is 15.4 Å². The predicted molar refractivity (Wildman–Crippen MR) is 69.6 cm³/mol. The molecule has 1 aromatic carbocycles. The van der Waals surface area contributed by atoms with E-state index in [0.29, 0.717) is 6.42 Å². The average Bonchev–Trinajstić information content (AvgIpc) is 2.39. The normalized spacial score (nSPS) is 13.7. The summed E-state index contributed by atoms with van der Waals surface area (Å²) in [6, 6.07) is 6.01. The molecule has 0 aliphatic carbocycles. The van der Waals surface area contributed by atoms with E-state index in [4.69, 9.17) is 5.26 Å². The third kappa shape index (κ3) is 5.60. The molecule has 0 radical (unpaired) electrons. The smallest absolute Gasteiger partial charge is 0.406 e. The van der Waals surface area contributed by atoms with Crippen LogP contribution in [0.3, 0.4) is 0 Å². The fraction of sp³-hybridized carbons (Fsp3) is 0.385. The van der Waals surface area contributed by atoms with Gasteiger partial charge in [0.05, 0.1) is 6.07 Å². The van der Waals surface area contributed by atoms with Crippen molar-refractivity contribution in [3.63, 3.8) is 0 Å². The first-order valence-electron chi connectivity index (χ1n) is 6.03. The molecule has 0 aliphatic heterocycles. The molecule has 5 nitrogen and oxygen atoms in total. The number of rotatable bonds is 4. The molecule has 0 saturated heterocycles. The number of nitrogens with one attached hydrogen (secondary N) is 2. The molecule has 1 unspecified atom stereocenters. The third-order valence-electron chi connectivity index (χ3n) is 2.69. The number of carbonyl (C=O) groups is 1. The Bertz CT molecular complexity index is 537. The maximum Gasteiger partial charge on any atom is 0.573 e. The van der Waals surface area contributed by atoms with Crippen molar-refractivity contribution in [1.29, 1.82) is 5.26 Å². The maximum absolute atomic E-state index is 12.0. The van der Waals surface area contributed by atoms with E-state index in [0.717, 1.165) is 12.1 Å². The Morgan fingerprint density at radius 1 is 1.33 bits per heavy atom. The fourth-order valence-electron chi connectivity index (χ4n) is 1.35. The summed E-state index contributed by atoms with van der Waals surface area (Å²) in [6.45, 7) is 3.31. The molecule has 0 spiro atoms. The fourth-order valence-corrected chi connectivity index (χ4v) is 1.35. The van der Waals surface area contributed by atoms with E-state index in [-0.39, 0.29) is 11.4 Å². The van der Waals surface area contributed by atoms with Crippen LogP contribution >= 0.6 is 0 Å². The van der Waals surface area contributed by atoms with Gasteiger partial charge in [-0.2, -0.15) is 5.26 Å². The van der Waals surface area contributed by atoms with E-state index in [9.17, 15) is 18.0 Å². The highest BCUT2D eigenvalue weighted by atomic mass is 19.4. The lowest BCUT2D eigenvalue weighted by Crippen LogP contribution is -2.46. The molecular weight excluding hydrogens is 287 g/mol. The van der Waals surface area contributed by atoms with E-state index >= 15 is 0 Å². The number of halogens is 3. The van der Waals surface area contributed by atoms with Crippen LogP contribution in [0, 0.1) is 11.3 Å². The lowest BCUT2D eigenvalue weighted by atomic mass is 10.0. The van der Waals surface area contributed by atoms with Crippen molar-refractivity contribution in [3.8, 4) is 11.8 Å². The highest BCUT2D eigenvalue weighted by molar-refractivity contribution is 5.90. The van der Waals surface area contributed by atoms with Crippen LogP contribution in [0.1, 0.15) is 20.3 Å². The zero-order valence-electron chi connectivity index (χ0n) is 11.4. The highest BCUT2D eigenvalue weighted by Gasteiger charge is 2.31. The number of nitriles is 1. The van der Waals surface area contributed by atoms with Gasteiger partial charge in [-0.1, -0.05) is 6.92 Å². The van der Waals surface area contributed by atoms with Crippen molar-refractivity contribution >= 4 is 11.7 Å². The summed E-state index contributed by atoms with van der Waals surface area (Å²) < 4.78 is 39.7. The summed E-state index contributed by atoms with van der Waals surface area (Å²) in [5, 5.41) is 13.8. The molecule has 114 valence electrons. The van der Waals surface area contributed by atoms with Crippen molar-refractivity contribution in [3.05, 3.63) is 24.3 Å². The number of hydrogen-bond acceptors (Lipinski definition) is 3. The molecule has 0 aromatic heterocycles. The Hall–Kier alpha value is -2.43. The van der Waals surface area contributed by atoms with E-state index in [1.807, 2.05) is 6.07 Å². The van der Waals surface area contributed by atoms with Crippen molar-refractivity contribution < 1.29 is 22.7 Å². The van der Waals surface area contributed by atoms with Crippen LogP contribution in [0.25, 0.3) is 0 Å². The monoisotopic (exact) mass is 301 g/mol. The quantitative estimate of drug-likeness (QED) is 0.895. The van der Waals surface area contributed by atoms with Crippen molar-refractivity contribution in [2.75, 3.05) is 5.32 Å². The number of benzene rings is 1. The number of anilines is 1. The second-order valence-electron chi connectivity index (χ2n) is 4.45. The molecule has 2 amide bonds. The number of urea groups is 1. The lowest BCUT2D eigenvalue weighted by Gasteiger charge is -2.21. The van der Waals surface area contributed by atoms with Gasteiger partial charge in [-0.05, 0) is 37.6 Å². The summed E-state index contributed by atoms with van der Waals surface area (Å²) in [4.78, 5) is 11.7. The lowest BCUT2D eigenvalue weighted by molar-refractivity contribution is -0.274. The molecule has 1 rings (SSSR count). The number of hydrogen-bond donors (Lipinski definition) is 2. The van der Waals surface area contributed by atoms with Gasteiger partial charge in [-0.25, -0.2) is 4.79 Å². The first-order chi connectivity index (χ1) is 9.67. The molecule has 21 heavy (non-hydrogen) atoms. The maximum atomic E-state index is 12.0. The average molecular weight is 301 g/mol. The Morgan fingerprint density at radius 2 is 1.90 bits per heavy atom. The van der Waals surface area contributed by atoms with Crippen LogP contribution in [-0.2, 0) is 0 Å². The molecule has 0 bridgehead atoms. The molecule has 1 aromatic rings. The topological polar surface area (TPSA) is 74.2 Å². The summed E-state index contributed by atoms with van der Waals surface area (Å²) in [5.41, 5.74) is -0.734. The molecule has 2 N–H and O–H groups in total. The Labute approximate surface area is 119 Å². The SMILES string of the molecule is CCC(C)(C#N)NC(=O)Nc1ccc(OC(F)(F)F)cc1. The van der Waals surface area contributed by atoms with Gasteiger partial charge in [0.15, 0.2) is 0 Å². The van der Waals surface area contributed by atoms with Gasteiger partial charge in [0, 0.05) is 5.69 Å². The second kappa shape index (κ2) is 6.35. The number of ether oxygens (including phenoxy) is 1. The minimum Gasteiger partial charge on any atom is -0.406 e.